The average molecular weight is 340 g/mol. The Morgan fingerprint density at radius 3 is 2.24 bits per heavy atom. The van der Waals surface area contributed by atoms with Gasteiger partial charge in [0.2, 0.25) is 5.91 Å². The molecule has 1 saturated carbocycles. The molecule has 3 fully saturated rings. The van der Waals surface area contributed by atoms with Crippen LogP contribution >= 0.6 is 0 Å². The Balaban J connectivity index is 1.32. The van der Waals surface area contributed by atoms with Crippen LogP contribution in [0.3, 0.4) is 0 Å². The van der Waals surface area contributed by atoms with Crippen molar-refractivity contribution in [2.75, 3.05) is 13.2 Å². The molecule has 1 aliphatic carbocycles. The molecule has 0 spiro atoms. The Bertz CT molecular complexity index is 720. The van der Waals surface area contributed by atoms with Crippen LogP contribution in [0.25, 0.3) is 0 Å². The van der Waals surface area contributed by atoms with Crippen molar-refractivity contribution in [3.05, 3.63) is 35.9 Å². The first kappa shape index (κ1) is 16.1. The van der Waals surface area contributed by atoms with Crippen LogP contribution in [-0.4, -0.2) is 49.3 Å². The van der Waals surface area contributed by atoms with E-state index in [4.69, 9.17) is 9.47 Å². The summed E-state index contributed by atoms with van der Waals surface area (Å²) in [6, 6.07) is 8.96. The molecule has 2 heterocycles. The van der Waals surface area contributed by atoms with Gasteiger partial charge in [0.15, 0.2) is 0 Å². The fraction of sp³-hybridized carbons (Fsp3) is 0.474. The van der Waals surface area contributed by atoms with E-state index in [-0.39, 0.29) is 42.0 Å². The number of amides is 2. The summed E-state index contributed by atoms with van der Waals surface area (Å²) in [5.41, 5.74) is 0.790. The van der Waals surface area contributed by atoms with Crippen LogP contribution in [0.1, 0.15) is 18.4 Å². The highest BCUT2D eigenvalue weighted by atomic mass is 16.6. The molecule has 130 valence electrons. The van der Waals surface area contributed by atoms with Gasteiger partial charge in [-0.05, 0) is 25.0 Å². The van der Waals surface area contributed by atoms with Gasteiger partial charge in [0, 0.05) is 17.4 Å². The number of carbonyl (C=O) groups excluding carboxylic acids is 2. The van der Waals surface area contributed by atoms with Crippen molar-refractivity contribution >= 4 is 11.8 Å². The number of rotatable bonds is 3. The lowest BCUT2D eigenvalue weighted by atomic mass is 10.1. The highest BCUT2D eigenvalue weighted by Crippen LogP contribution is 2.31. The maximum atomic E-state index is 12.1. The van der Waals surface area contributed by atoms with Gasteiger partial charge < -0.3 is 20.1 Å². The number of carbonyl (C=O) groups is 2. The molecule has 1 aromatic rings. The van der Waals surface area contributed by atoms with Crippen molar-refractivity contribution in [3.8, 4) is 11.8 Å². The minimum absolute atomic E-state index is 0.0825. The fourth-order valence-corrected chi connectivity index (χ4v) is 3.25. The van der Waals surface area contributed by atoms with Gasteiger partial charge in [-0.2, -0.15) is 0 Å². The summed E-state index contributed by atoms with van der Waals surface area (Å²) in [5, 5.41) is 5.86. The third kappa shape index (κ3) is 3.68. The number of hydrogen-bond acceptors (Lipinski definition) is 4. The maximum Gasteiger partial charge on any atom is 0.296 e. The second kappa shape index (κ2) is 6.87. The Morgan fingerprint density at radius 2 is 1.60 bits per heavy atom. The third-order valence-corrected chi connectivity index (χ3v) is 4.74. The molecular weight excluding hydrogens is 320 g/mol. The van der Waals surface area contributed by atoms with Crippen molar-refractivity contribution in [2.24, 2.45) is 5.92 Å². The molecule has 0 aromatic heterocycles. The Hall–Kier alpha value is -2.36. The van der Waals surface area contributed by atoms with Crippen molar-refractivity contribution in [3.63, 3.8) is 0 Å². The number of nitrogens with one attached hydrogen (secondary N) is 2. The first-order chi connectivity index (χ1) is 12.2. The Morgan fingerprint density at radius 1 is 0.960 bits per heavy atom. The molecule has 2 saturated heterocycles. The quantitative estimate of drug-likeness (QED) is 0.772. The molecule has 2 aliphatic heterocycles. The van der Waals surface area contributed by atoms with Crippen LogP contribution < -0.4 is 10.6 Å². The van der Waals surface area contributed by atoms with Crippen molar-refractivity contribution < 1.29 is 19.1 Å². The predicted molar refractivity (Wildman–Crippen MR) is 89.4 cm³/mol. The summed E-state index contributed by atoms with van der Waals surface area (Å²) >= 11 is 0. The molecule has 0 radical (unpaired) electrons. The number of hydrogen-bond donors (Lipinski definition) is 2. The largest absolute Gasteiger partial charge is 0.371 e. The summed E-state index contributed by atoms with van der Waals surface area (Å²) < 4.78 is 11.5. The maximum absolute atomic E-state index is 12.1. The van der Waals surface area contributed by atoms with Crippen LogP contribution in [-0.2, 0) is 19.1 Å². The first-order valence-electron chi connectivity index (χ1n) is 8.62. The minimum atomic E-state index is -0.354. The van der Waals surface area contributed by atoms with Crippen molar-refractivity contribution in [1.82, 2.24) is 10.6 Å². The summed E-state index contributed by atoms with van der Waals surface area (Å²) in [7, 11) is 0. The fourth-order valence-electron chi connectivity index (χ4n) is 3.25. The van der Waals surface area contributed by atoms with Crippen LogP contribution in [0.15, 0.2) is 30.3 Å². The average Bonchev–Trinajstić information content (AvgIpc) is 3.30. The molecular formula is C19H20N2O4. The molecule has 3 aliphatic rings. The van der Waals surface area contributed by atoms with E-state index < -0.39 is 0 Å². The second-order valence-electron chi connectivity index (χ2n) is 6.68. The number of ether oxygens (including phenoxy) is 2. The molecule has 6 heteroatoms. The van der Waals surface area contributed by atoms with E-state index in [1.807, 2.05) is 30.3 Å². The summed E-state index contributed by atoms with van der Waals surface area (Å²) in [4.78, 5) is 24.0. The van der Waals surface area contributed by atoms with Crippen LogP contribution in [0.2, 0.25) is 0 Å². The smallest absolute Gasteiger partial charge is 0.296 e. The molecule has 4 rings (SSSR count). The first-order valence-corrected chi connectivity index (χ1v) is 8.62. The molecule has 2 amide bonds. The molecule has 2 N–H and O–H groups in total. The minimum Gasteiger partial charge on any atom is -0.371 e. The monoisotopic (exact) mass is 340 g/mol. The van der Waals surface area contributed by atoms with Crippen molar-refractivity contribution in [1.29, 1.82) is 0 Å². The van der Waals surface area contributed by atoms with Gasteiger partial charge in [-0.25, -0.2) is 0 Å². The Labute approximate surface area is 146 Å². The molecule has 6 nitrogen and oxygen atoms in total. The molecule has 0 bridgehead atoms. The van der Waals surface area contributed by atoms with Gasteiger partial charge in [-0.15, -0.1) is 0 Å². The lowest BCUT2D eigenvalue weighted by Crippen LogP contribution is -2.47. The molecule has 1 aromatic carbocycles. The topological polar surface area (TPSA) is 76.7 Å². The summed E-state index contributed by atoms with van der Waals surface area (Å²) in [6.45, 7) is 0.778. The normalized spacial score (nSPS) is 30.1. The van der Waals surface area contributed by atoms with E-state index in [2.05, 4.69) is 22.5 Å². The van der Waals surface area contributed by atoms with E-state index in [0.29, 0.717) is 13.2 Å². The van der Waals surface area contributed by atoms with Crippen molar-refractivity contribution in [2.45, 2.75) is 37.1 Å². The zero-order valence-corrected chi connectivity index (χ0v) is 13.7. The Kier molecular flexibility index (Phi) is 4.43. The van der Waals surface area contributed by atoms with Gasteiger partial charge in [0.1, 0.15) is 12.2 Å². The van der Waals surface area contributed by atoms with Gasteiger partial charge in [0.05, 0.1) is 25.3 Å². The second-order valence-corrected chi connectivity index (χ2v) is 6.68. The number of benzene rings is 1. The summed E-state index contributed by atoms with van der Waals surface area (Å²) in [5.74, 6) is 5.31. The van der Waals surface area contributed by atoms with E-state index in [0.717, 1.165) is 18.4 Å². The van der Waals surface area contributed by atoms with E-state index in [9.17, 15) is 9.59 Å². The van der Waals surface area contributed by atoms with E-state index in [1.54, 1.807) is 0 Å². The SMILES string of the molecule is O=C(C#Cc1ccccc1)NC1COC2C(NC(=O)C3CC3)COC12. The van der Waals surface area contributed by atoms with Crippen LogP contribution in [0.5, 0.6) is 0 Å². The van der Waals surface area contributed by atoms with Crippen LogP contribution in [0.4, 0.5) is 0 Å². The zero-order valence-electron chi connectivity index (χ0n) is 13.7. The van der Waals surface area contributed by atoms with Gasteiger partial charge in [-0.3, -0.25) is 9.59 Å². The molecule has 4 atom stereocenters. The van der Waals surface area contributed by atoms with E-state index >= 15 is 0 Å². The lowest BCUT2D eigenvalue weighted by Gasteiger charge is -2.17. The van der Waals surface area contributed by atoms with E-state index in [1.165, 1.54) is 0 Å². The summed E-state index contributed by atoms with van der Waals surface area (Å²) in [6.07, 6.45) is 1.47. The van der Waals surface area contributed by atoms with Crippen LogP contribution in [0, 0.1) is 17.8 Å². The predicted octanol–water partition coefficient (Wildman–Crippen LogP) is 0.215. The molecule has 25 heavy (non-hydrogen) atoms. The highest BCUT2D eigenvalue weighted by Gasteiger charge is 2.49. The van der Waals surface area contributed by atoms with Gasteiger partial charge >= 0.3 is 0 Å². The standard InChI is InChI=1S/C19H20N2O4/c22-16(9-6-12-4-2-1-3-5-12)20-14-10-24-18-15(11-25-17(14)18)21-19(23)13-7-8-13/h1-5,13-15,17-18H,7-8,10-11H2,(H,20,22)(H,21,23). The highest BCUT2D eigenvalue weighted by molar-refractivity contribution is 5.94. The lowest BCUT2D eigenvalue weighted by molar-refractivity contribution is -0.123. The zero-order chi connectivity index (χ0) is 17.2. The van der Waals surface area contributed by atoms with Gasteiger partial charge in [-0.1, -0.05) is 24.1 Å². The third-order valence-electron chi connectivity index (χ3n) is 4.74. The van der Waals surface area contributed by atoms with Gasteiger partial charge in [0.25, 0.3) is 5.91 Å². The number of fused-ring (bicyclic) bond motifs is 1. The molecule has 4 unspecified atom stereocenters.